The van der Waals surface area contributed by atoms with Gasteiger partial charge in [-0.1, -0.05) is 18.2 Å². The van der Waals surface area contributed by atoms with Crippen molar-refractivity contribution in [2.75, 3.05) is 5.01 Å². The van der Waals surface area contributed by atoms with Gasteiger partial charge in [0, 0.05) is 0 Å². The Bertz CT molecular complexity index is 390. The van der Waals surface area contributed by atoms with Crippen LogP contribution in [0.15, 0.2) is 35.4 Å². The van der Waals surface area contributed by atoms with Gasteiger partial charge >= 0.3 is 0 Å². The van der Waals surface area contributed by atoms with Crippen molar-refractivity contribution in [3.63, 3.8) is 0 Å². The SMILES string of the molecule is CC1N(N)C(=O)C=NN1c1ccccc1. The molecule has 1 unspecified atom stereocenters. The van der Waals surface area contributed by atoms with Crippen molar-refractivity contribution in [2.24, 2.45) is 10.9 Å². The van der Waals surface area contributed by atoms with Gasteiger partial charge in [-0.25, -0.2) is 10.9 Å². The summed E-state index contributed by atoms with van der Waals surface area (Å²) in [6.07, 6.45) is 0.942. The van der Waals surface area contributed by atoms with Gasteiger partial charge in [-0.3, -0.25) is 9.80 Å². The van der Waals surface area contributed by atoms with E-state index in [0.717, 1.165) is 10.7 Å². The zero-order chi connectivity index (χ0) is 10.8. The Morgan fingerprint density at radius 1 is 1.33 bits per heavy atom. The van der Waals surface area contributed by atoms with Crippen LogP contribution in [0.25, 0.3) is 0 Å². The van der Waals surface area contributed by atoms with Gasteiger partial charge in [-0.2, -0.15) is 5.10 Å². The second-order valence-electron chi connectivity index (χ2n) is 3.30. The molecule has 0 fully saturated rings. The summed E-state index contributed by atoms with van der Waals surface area (Å²) < 4.78 is 0. The molecule has 0 bridgehead atoms. The minimum Gasteiger partial charge on any atom is -0.266 e. The van der Waals surface area contributed by atoms with Crippen molar-refractivity contribution in [2.45, 2.75) is 13.1 Å². The average molecular weight is 204 g/mol. The number of hydrogen-bond acceptors (Lipinski definition) is 4. The lowest BCUT2D eigenvalue weighted by Gasteiger charge is -2.34. The molecular weight excluding hydrogens is 192 g/mol. The Labute approximate surface area is 87.7 Å². The molecule has 5 nitrogen and oxygen atoms in total. The molecule has 15 heavy (non-hydrogen) atoms. The maximum atomic E-state index is 11.2. The highest BCUT2D eigenvalue weighted by Crippen LogP contribution is 2.19. The van der Waals surface area contributed by atoms with Crippen LogP contribution in [-0.2, 0) is 4.79 Å². The lowest BCUT2D eigenvalue weighted by molar-refractivity contribution is -0.126. The van der Waals surface area contributed by atoms with Crippen molar-refractivity contribution in [3.8, 4) is 0 Å². The number of nitrogens with zero attached hydrogens (tertiary/aromatic N) is 3. The Morgan fingerprint density at radius 3 is 2.67 bits per heavy atom. The Balaban J connectivity index is 2.32. The highest BCUT2D eigenvalue weighted by Gasteiger charge is 2.26. The normalized spacial score (nSPS) is 20.9. The molecule has 1 aromatic rings. The van der Waals surface area contributed by atoms with E-state index in [1.54, 1.807) is 5.01 Å². The summed E-state index contributed by atoms with van der Waals surface area (Å²) >= 11 is 0. The molecule has 1 amide bonds. The van der Waals surface area contributed by atoms with E-state index in [0.29, 0.717) is 0 Å². The summed E-state index contributed by atoms with van der Waals surface area (Å²) in [6.45, 7) is 1.82. The molecule has 0 saturated carbocycles. The van der Waals surface area contributed by atoms with E-state index in [4.69, 9.17) is 5.84 Å². The average Bonchev–Trinajstić information content (AvgIpc) is 2.27. The van der Waals surface area contributed by atoms with Crippen LogP contribution in [0.2, 0.25) is 0 Å². The lowest BCUT2D eigenvalue weighted by Crippen LogP contribution is -2.55. The first-order valence-electron chi connectivity index (χ1n) is 4.66. The summed E-state index contributed by atoms with van der Waals surface area (Å²) in [6, 6.07) is 9.58. The number of hydrazone groups is 1. The molecule has 0 radical (unpaired) electrons. The van der Waals surface area contributed by atoms with Crippen molar-refractivity contribution in [1.29, 1.82) is 0 Å². The number of hydrogen-bond donors (Lipinski definition) is 1. The summed E-state index contributed by atoms with van der Waals surface area (Å²) in [5.41, 5.74) is 0.907. The van der Waals surface area contributed by atoms with Crippen molar-refractivity contribution < 1.29 is 4.79 Å². The third-order valence-electron chi connectivity index (χ3n) is 2.32. The van der Waals surface area contributed by atoms with E-state index in [1.807, 2.05) is 37.3 Å². The summed E-state index contributed by atoms with van der Waals surface area (Å²) in [7, 11) is 0. The van der Waals surface area contributed by atoms with Gasteiger partial charge in [0.2, 0.25) is 0 Å². The molecule has 1 heterocycles. The predicted octanol–water partition coefficient (Wildman–Crippen LogP) is 0.541. The van der Waals surface area contributed by atoms with Gasteiger partial charge in [0.1, 0.15) is 12.4 Å². The topological polar surface area (TPSA) is 61.9 Å². The van der Waals surface area contributed by atoms with E-state index in [2.05, 4.69) is 5.10 Å². The number of hydrazine groups is 1. The minimum absolute atomic E-state index is 0.273. The largest absolute Gasteiger partial charge is 0.282 e. The second kappa shape index (κ2) is 3.70. The quantitative estimate of drug-likeness (QED) is 0.536. The third-order valence-corrected chi connectivity index (χ3v) is 2.32. The van der Waals surface area contributed by atoms with Crippen LogP contribution in [0.4, 0.5) is 5.69 Å². The highest BCUT2D eigenvalue weighted by atomic mass is 16.2. The molecule has 0 aromatic heterocycles. The molecular formula is C10H12N4O. The van der Waals surface area contributed by atoms with E-state index in [1.165, 1.54) is 6.21 Å². The molecule has 0 aliphatic carbocycles. The fourth-order valence-corrected chi connectivity index (χ4v) is 1.44. The number of amides is 1. The number of para-hydroxylation sites is 1. The van der Waals surface area contributed by atoms with Crippen molar-refractivity contribution >= 4 is 17.8 Å². The van der Waals surface area contributed by atoms with Crippen LogP contribution in [-0.4, -0.2) is 23.3 Å². The number of anilines is 1. The lowest BCUT2D eigenvalue weighted by atomic mass is 10.3. The number of nitrogens with two attached hydrogens (primary N) is 1. The van der Waals surface area contributed by atoms with Crippen LogP contribution in [0.3, 0.4) is 0 Å². The van der Waals surface area contributed by atoms with Gasteiger partial charge in [-0.15, -0.1) is 0 Å². The molecule has 78 valence electrons. The fourth-order valence-electron chi connectivity index (χ4n) is 1.44. The zero-order valence-corrected chi connectivity index (χ0v) is 8.37. The highest BCUT2D eigenvalue weighted by molar-refractivity contribution is 6.26. The second-order valence-corrected chi connectivity index (χ2v) is 3.30. The van der Waals surface area contributed by atoms with Crippen molar-refractivity contribution in [1.82, 2.24) is 5.01 Å². The molecule has 1 aromatic carbocycles. The fraction of sp³-hybridized carbons (Fsp3) is 0.200. The summed E-state index contributed by atoms with van der Waals surface area (Å²) in [5, 5.41) is 6.90. The first kappa shape index (κ1) is 9.67. The molecule has 5 heteroatoms. The van der Waals surface area contributed by atoms with Crippen LogP contribution in [0.1, 0.15) is 6.92 Å². The zero-order valence-electron chi connectivity index (χ0n) is 8.37. The van der Waals surface area contributed by atoms with Gasteiger partial charge < -0.3 is 0 Å². The Kier molecular flexibility index (Phi) is 2.39. The maximum Gasteiger partial charge on any atom is 0.282 e. The Hall–Kier alpha value is -1.88. The third kappa shape index (κ3) is 1.69. The number of carbonyl (C=O) groups excluding carboxylic acids is 1. The van der Waals surface area contributed by atoms with Gasteiger partial charge in [0.15, 0.2) is 0 Å². The number of benzene rings is 1. The predicted molar refractivity (Wildman–Crippen MR) is 57.9 cm³/mol. The van der Waals surface area contributed by atoms with E-state index >= 15 is 0 Å². The van der Waals surface area contributed by atoms with E-state index in [-0.39, 0.29) is 12.1 Å². The summed E-state index contributed by atoms with van der Waals surface area (Å²) in [4.78, 5) is 11.2. The van der Waals surface area contributed by atoms with Crippen LogP contribution < -0.4 is 10.9 Å². The molecule has 1 atom stereocenters. The molecule has 1 aliphatic heterocycles. The summed E-state index contributed by atoms with van der Waals surface area (Å²) in [5.74, 6) is 5.32. The molecule has 1 aliphatic rings. The number of rotatable bonds is 1. The van der Waals surface area contributed by atoms with Gasteiger partial charge in [0.25, 0.3) is 5.91 Å². The molecule has 2 N–H and O–H groups in total. The first-order chi connectivity index (χ1) is 7.20. The monoisotopic (exact) mass is 204 g/mol. The molecule has 0 spiro atoms. The van der Waals surface area contributed by atoms with Gasteiger partial charge in [0.05, 0.1) is 5.69 Å². The Morgan fingerprint density at radius 2 is 2.00 bits per heavy atom. The van der Waals surface area contributed by atoms with E-state index < -0.39 is 0 Å². The van der Waals surface area contributed by atoms with Crippen molar-refractivity contribution in [3.05, 3.63) is 30.3 Å². The standard InChI is InChI=1S/C10H12N4O/c1-8-13(11)10(15)7-12-14(8)9-5-3-2-4-6-9/h2-8H,11H2,1H3. The maximum absolute atomic E-state index is 11.2. The molecule has 2 rings (SSSR count). The van der Waals surface area contributed by atoms with Crippen LogP contribution >= 0.6 is 0 Å². The van der Waals surface area contributed by atoms with Crippen LogP contribution in [0, 0.1) is 0 Å². The minimum atomic E-state index is -0.283. The molecule has 0 saturated heterocycles. The van der Waals surface area contributed by atoms with Gasteiger partial charge in [-0.05, 0) is 19.1 Å². The number of carbonyl (C=O) groups is 1. The van der Waals surface area contributed by atoms with E-state index in [9.17, 15) is 4.79 Å². The first-order valence-corrected chi connectivity index (χ1v) is 4.66. The smallest absolute Gasteiger partial charge is 0.266 e. The van der Waals surface area contributed by atoms with Crippen LogP contribution in [0.5, 0.6) is 0 Å².